The second-order valence-corrected chi connectivity index (χ2v) is 3.88. The molecule has 0 saturated heterocycles. The van der Waals surface area contributed by atoms with E-state index in [1.165, 1.54) is 0 Å². The molecular weight excluding hydrogens is 253 g/mol. The summed E-state index contributed by atoms with van der Waals surface area (Å²) in [5.41, 5.74) is 4.29. The molecule has 0 amide bonds. The van der Waals surface area contributed by atoms with Gasteiger partial charge in [0.1, 0.15) is 0 Å². The number of nitrogens with two attached hydrogens (primary N) is 1. The van der Waals surface area contributed by atoms with E-state index < -0.39 is 30.2 Å². The zero-order chi connectivity index (χ0) is 14.3. The van der Waals surface area contributed by atoms with E-state index in [1.807, 2.05) is 13.8 Å². The Bertz CT molecular complexity index is 349. The first-order valence-corrected chi connectivity index (χ1v) is 5.06. The molecule has 0 bridgehead atoms. The van der Waals surface area contributed by atoms with Crippen LogP contribution in [0.15, 0.2) is 16.4 Å². The van der Waals surface area contributed by atoms with E-state index in [-0.39, 0.29) is 5.92 Å². The fourth-order valence-corrected chi connectivity index (χ4v) is 0.796. The van der Waals surface area contributed by atoms with Crippen molar-refractivity contribution in [3.05, 3.63) is 11.5 Å². The van der Waals surface area contributed by atoms with E-state index in [0.717, 1.165) is 6.21 Å². The molecule has 8 heteroatoms. The normalized spacial score (nSPS) is 13.9. The predicted octanol–water partition coefficient (Wildman–Crippen LogP) is 1.55. The lowest BCUT2D eigenvalue weighted by atomic mass is 10.2. The largest absolute Gasteiger partial charge is 0.480 e. The van der Waals surface area contributed by atoms with Crippen LogP contribution in [0.5, 0.6) is 0 Å². The number of aliphatic imine (C=N–C) groups is 1. The van der Waals surface area contributed by atoms with Crippen LogP contribution in [0.2, 0.25) is 0 Å². The highest BCUT2D eigenvalue weighted by atomic mass is 19.4. The van der Waals surface area contributed by atoms with Crippen molar-refractivity contribution in [3.8, 4) is 0 Å². The van der Waals surface area contributed by atoms with Crippen molar-refractivity contribution in [3.63, 3.8) is 0 Å². The van der Waals surface area contributed by atoms with Crippen LogP contribution in [0.1, 0.15) is 13.8 Å². The Balaban J connectivity index is 4.81. The summed E-state index contributed by atoms with van der Waals surface area (Å²) < 4.78 is 40.2. The van der Waals surface area contributed by atoms with Crippen LogP contribution in [-0.4, -0.2) is 36.6 Å². The summed E-state index contributed by atoms with van der Waals surface area (Å²) in [4.78, 5) is 14.3. The first kappa shape index (κ1) is 16.3. The molecule has 0 fully saturated rings. The number of ether oxygens (including phenoxy) is 1. The van der Waals surface area contributed by atoms with Gasteiger partial charge in [-0.05, 0) is 5.92 Å². The maximum atomic E-state index is 12.0. The molecule has 104 valence electrons. The molecular formula is C10H15F3N2O3. The van der Waals surface area contributed by atoms with Crippen molar-refractivity contribution in [1.29, 1.82) is 0 Å². The average Bonchev–Trinajstić information content (AvgIpc) is 2.20. The van der Waals surface area contributed by atoms with Crippen molar-refractivity contribution < 1.29 is 27.8 Å². The fourth-order valence-electron chi connectivity index (χ4n) is 0.796. The predicted molar refractivity (Wildman–Crippen MR) is 59.1 cm³/mol. The van der Waals surface area contributed by atoms with E-state index in [0.29, 0.717) is 6.54 Å². The van der Waals surface area contributed by atoms with E-state index in [4.69, 9.17) is 10.8 Å². The summed E-state index contributed by atoms with van der Waals surface area (Å²) >= 11 is 0. The lowest BCUT2D eigenvalue weighted by Crippen LogP contribution is -2.21. The highest BCUT2D eigenvalue weighted by molar-refractivity contribution is 5.93. The number of alkyl halides is 3. The van der Waals surface area contributed by atoms with Crippen molar-refractivity contribution in [2.75, 3.05) is 13.2 Å². The van der Waals surface area contributed by atoms with Crippen molar-refractivity contribution in [2.24, 2.45) is 16.6 Å². The standard InChI is InChI=1S/C10H15F3N2O3/c1-6(2)3-15-4-7(8(14)9(16)17)18-5-10(11,12)13/h4,6H,3,5,14H2,1-2H3,(H,16,17). The van der Waals surface area contributed by atoms with Crippen LogP contribution in [0.25, 0.3) is 0 Å². The second kappa shape index (κ2) is 6.87. The number of hydrogen-bond donors (Lipinski definition) is 2. The van der Waals surface area contributed by atoms with Gasteiger partial charge in [0.2, 0.25) is 0 Å². The van der Waals surface area contributed by atoms with Gasteiger partial charge in [-0.1, -0.05) is 13.8 Å². The Morgan fingerprint density at radius 3 is 2.44 bits per heavy atom. The Morgan fingerprint density at radius 2 is 2.06 bits per heavy atom. The minimum Gasteiger partial charge on any atom is -0.480 e. The molecule has 0 aliphatic carbocycles. The number of carboxylic acids is 1. The molecule has 3 N–H and O–H groups in total. The molecule has 0 unspecified atom stereocenters. The number of carbonyl (C=O) groups is 1. The van der Waals surface area contributed by atoms with Crippen molar-refractivity contribution >= 4 is 12.2 Å². The summed E-state index contributed by atoms with van der Waals surface area (Å²) in [6, 6.07) is 0. The highest BCUT2D eigenvalue weighted by Gasteiger charge is 2.29. The van der Waals surface area contributed by atoms with Crippen LogP contribution in [-0.2, 0) is 9.53 Å². The topological polar surface area (TPSA) is 84.9 Å². The van der Waals surface area contributed by atoms with Gasteiger partial charge in [0.15, 0.2) is 18.1 Å². The fraction of sp³-hybridized carbons (Fsp3) is 0.600. The molecule has 0 aliphatic rings. The molecule has 0 heterocycles. The maximum absolute atomic E-state index is 12.0. The lowest BCUT2D eigenvalue weighted by Gasteiger charge is -2.10. The molecule has 18 heavy (non-hydrogen) atoms. The molecule has 0 aromatic heterocycles. The van der Waals surface area contributed by atoms with Crippen molar-refractivity contribution in [2.45, 2.75) is 20.0 Å². The monoisotopic (exact) mass is 268 g/mol. The van der Waals surface area contributed by atoms with Gasteiger partial charge in [0, 0.05) is 6.54 Å². The molecule has 0 radical (unpaired) electrons. The van der Waals surface area contributed by atoms with Gasteiger partial charge < -0.3 is 15.6 Å². The summed E-state index contributed by atoms with van der Waals surface area (Å²) in [7, 11) is 0. The molecule has 0 rings (SSSR count). The zero-order valence-electron chi connectivity index (χ0n) is 9.99. The third-order valence-electron chi connectivity index (χ3n) is 1.57. The minimum absolute atomic E-state index is 0.177. The number of allylic oxidation sites excluding steroid dienone is 1. The number of halogens is 3. The van der Waals surface area contributed by atoms with Gasteiger partial charge in [-0.25, -0.2) is 4.79 Å². The van der Waals surface area contributed by atoms with Gasteiger partial charge in [0.25, 0.3) is 0 Å². The van der Waals surface area contributed by atoms with Gasteiger partial charge >= 0.3 is 12.1 Å². The SMILES string of the molecule is CC(C)CN=CC(OCC(F)(F)F)=C(N)C(=O)O. The summed E-state index contributed by atoms with van der Waals surface area (Å²) in [6.45, 7) is 2.39. The van der Waals surface area contributed by atoms with E-state index >= 15 is 0 Å². The highest BCUT2D eigenvalue weighted by Crippen LogP contribution is 2.16. The van der Waals surface area contributed by atoms with E-state index in [9.17, 15) is 18.0 Å². The first-order chi connectivity index (χ1) is 8.13. The summed E-state index contributed by atoms with van der Waals surface area (Å²) in [5, 5.41) is 8.58. The third kappa shape index (κ3) is 7.53. The molecule has 0 spiro atoms. The van der Waals surface area contributed by atoms with Crippen LogP contribution in [0, 0.1) is 5.92 Å². The number of nitrogens with zero attached hydrogens (tertiary/aromatic N) is 1. The smallest absolute Gasteiger partial charge is 0.422 e. The summed E-state index contributed by atoms with van der Waals surface area (Å²) in [6.07, 6.45) is -3.68. The lowest BCUT2D eigenvalue weighted by molar-refractivity contribution is -0.163. The van der Waals surface area contributed by atoms with E-state index in [2.05, 4.69) is 9.73 Å². The number of rotatable bonds is 6. The maximum Gasteiger partial charge on any atom is 0.422 e. The molecule has 0 aliphatic heterocycles. The molecule has 5 nitrogen and oxygen atoms in total. The Hall–Kier alpha value is -1.73. The quantitative estimate of drug-likeness (QED) is 0.435. The van der Waals surface area contributed by atoms with Gasteiger partial charge in [-0.15, -0.1) is 0 Å². The van der Waals surface area contributed by atoms with Crippen LogP contribution >= 0.6 is 0 Å². The zero-order valence-corrected chi connectivity index (χ0v) is 9.99. The van der Waals surface area contributed by atoms with Crippen LogP contribution in [0.4, 0.5) is 13.2 Å². The van der Waals surface area contributed by atoms with Gasteiger partial charge in [-0.2, -0.15) is 13.2 Å². The molecule has 0 aromatic rings. The molecule has 0 aromatic carbocycles. The first-order valence-electron chi connectivity index (χ1n) is 5.06. The minimum atomic E-state index is -4.57. The number of carboxylic acid groups (broad SMARTS) is 1. The Labute approximate surface area is 102 Å². The Morgan fingerprint density at radius 1 is 1.50 bits per heavy atom. The third-order valence-corrected chi connectivity index (χ3v) is 1.57. The van der Waals surface area contributed by atoms with Crippen molar-refractivity contribution in [1.82, 2.24) is 0 Å². The average molecular weight is 268 g/mol. The number of aliphatic carboxylic acids is 1. The van der Waals surface area contributed by atoms with Crippen LogP contribution in [0.3, 0.4) is 0 Å². The molecule has 0 saturated carbocycles. The van der Waals surface area contributed by atoms with Gasteiger partial charge in [0.05, 0.1) is 6.21 Å². The number of hydrogen-bond acceptors (Lipinski definition) is 4. The summed E-state index contributed by atoms with van der Waals surface area (Å²) in [5.74, 6) is -1.99. The van der Waals surface area contributed by atoms with Gasteiger partial charge in [-0.3, -0.25) is 4.99 Å². The molecule has 0 atom stereocenters. The van der Waals surface area contributed by atoms with E-state index in [1.54, 1.807) is 0 Å². The Kier molecular flexibility index (Phi) is 6.21. The second-order valence-electron chi connectivity index (χ2n) is 3.88. The van der Waals surface area contributed by atoms with Crippen LogP contribution < -0.4 is 5.73 Å².